The van der Waals surface area contributed by atoms with Crippen LogP contribution in [0.2, 0.25) is 0 Å². The van der Waals surface area contributed by atoms with Crippen LogP contribution >= 0.6 is 15.9 Å². The van der Waals surface area contributed by atoms with Gasteiger partial charge in [-0.3, -0.25) is 4.98 Å². The summed E-state index contributed by atoms with van der Waals surface area (Å²) in [5, 5.41) is 5.00. The Hall–Kier alpha value is -1.17. The zero-order valence-electron chi connectivity index (χ0n) is 7.43. The Bertz CT molecular complexity index is 489. The molecule has 74 valence electrons. The molecular formula is C8H9BrN4O. The van der Waals surface area contributed by atoms with Gasteiger partial charge in [-0.05, 0) is 6.42 Å². The maximum atomic E-state index is 11.7. The average Bonchev–Trinajstić information content (AvgIpc) is 2.54. The summed E-state index contributed by atoms with van der Waals surface area (Å²) in [6.07, 6.45) is 5.66. The van der Waals surface area contributed by atoms with Gasteiger partial charge in [0.25, 0.3) is 0 Å². The lowest BCUT2D eigenvalue weighted by Gasteiger charge is -1.93. The SMILES string of the molecule is O=c1n(CCCBr)nc2cnccn12. The zero-order chi connectivity index (χ0) is 9.97. The van der Waals surface area contributed by atoms with Crippen LogP contribution in [0, 0.1) is 0 Å². The van der Waals surface area contributed by atoms with E-state index in [0.717, 1.165) is 11.8 Å². The van der Waals surface area contributed by atoms with E-state index >= 15 is 0 Å². The van der Waals surface area contributed by atoms with E-state index < -0.39 is 0 Å². The molecule has 0 aliphatic heterocycles. The van der Waals surface area contributed by atoms with Crippen molar-refractivity contribution >= 4 is 21.6 Å². The Labute approximate surface area is 88.5 Å². The number of nitrogens with zero attached hydrogens (tertiary/aromatic N) is 4. The second-order valence-electron chi connectivity index (χ2n) is 2.85. The van der Waals surface area contributed by atoms with E-state index in [0.29, 0.717) is 12.2 Å². The number of fused-ring (bicyclic) bond motifs is 1. The molecule has 2 rings (SSSR count). The molecule has 0 radical (unpaired) electrons. The first-order chi connectivity index (χ1) is 6.83. The molecule has 0 atom stereocenters. The van der Waals surface area contributed by atoms with Gasteiger partial charge in [-0.15, -0.1) is 5.10 Å². The molecule has 2 aromatic heterocycles. The van der Waals surface area contributed by atoms with E-state index in [2.05, 4.69) is 26.0 Å². The number of hydrogen-bond acceptors (Lipinski definition) is 3. The molecule has 0 aliphatic rings. The van der Waals surface area contributed by atoms with E-state index in [1.807, 2.05) is 0 Å². The van der Waals surface area contributed by atoms with Crippen molar-refractivity contribution in [1.82, 2.24) is 19.2 Å². The van der Waals surface area contributed by atoms with Crippen LogP contribution in [-0.4, -0.2) is 24.5 Å². The van der Waals surface area contributed by atoms with Crippen LogP contribution in [0.3, 0.4) is 0 Å². The number of rotatable bonds is 3. The summed E-state index contributed by atoms with van der Waals surface area (Å²) < 4.78 is 2.94. The Balaban J connectivity index is 2.47. The van der Waals surface area contributed by atoms with Gasteiger partial charge in [0.1, 0.15) is 0 Å². The van der Waals surface area contributed by atoms with Crippen LogP contribution < -0.4 is 5.69 Å². The molecule has 0 unspecified atom stereocenters. The van der Waals surface area contributed by atoms with Gasteiger partial charge in [-0.2, -0.15) is 0 Å². The second-order valence-corrected chi connectivity index (χ2v) is 3.65. The minimum absolute atomic E-state index is 0.108. The molecule has 2 heterocycles. The minimum atomic E-state index is -0.108. The molecule has 0 N–H and O–H groups in total. The molecule has 2 aromatic rings. The van der Waals surface area contributed by atoms with Gasteiger partial charge in [-0.25, -0.2) is 13.9 Å². The number of aryl methyl sites for hydroxylation is 1. The van der Waals surface area contributed by atoms with Crippen molar-refractivity contribution in [3.8, 4) is 0 Å². The van der Waals surface area contributed by atoms with Gasteiger partial charge in [-0.1, -0.05) is 15.9 Å². The third kappa shape index (κ3) is 1.57. The zero-order valence-corrected chi connectivity index (χ0v) is 9.01. The van der Waals surface area contributed by atoms with Crippen LogP contribution in [0.4, 0.5) is 0 Å². The summed E-state index contributed by atoms with van der Waals surface area (Å²) in [6.45, 7) is 0.631. The molecule has 0 aromatic carbocycles. The normalized spacial score (nSPS) is 10.9. The molecule has 0 saturated heterocycles. The largest absolute Gasteiger partial charge is 0.350 e. The molecule has 0 amide bonds. The predicted octanol–water partition coefficient (Wildman–Crippen LogP) is 0.676. The quantitative estimate of drug-likeness (QED) is 0.759. The Kier molecular flexibility index (Phi) is 2.62. The summed E-state index contributed by atoms with van der Waals surface area (Å²) in [5.74, 6) is 0. The maximum absolute atomic E-state index is 11.7. The standard InChI is InChI=1S/C8H9BrN4O/c9-2-1-4-13-8(14)12-5-3-10-6-7(12)11-13/h3,5-6H,1-2,4H2. The fourth-order valence-electron chi connectivity index (χ4n) is 1.24. The van der Waals surface area contributed by atoms with Crippen LogP contribution in [-0.2, 0) is 6.54 Å². The highest BCUT2D eigenvalue weighted by Crippen LogP contribution is 1.94. The summed E-state index contributed by atoms with van der Waals surface area (Å²) >= 11 is 3.31. The monoisotopic (exact) mass is 256 g/mol. The summed E-state index contributed by atoms with van der Waals surface area (Å²) in [5.41, 5.74) is 0.482. The van der Waals surface area contributed by atoms with Gasteiger partial charge < -0.3 is 0 Å². The van der Waals surface area contributed by atoms with E-state index in [-0.39, 0.29) is 5.69 Å². The molecule has 0 bridgehead atoms. The Morgan fingerprint density at radius 3 is 3.07 bits per heavy atom. The van der Waals surface area contributed by atoms with Gasteiger partial charge in [0.05, 0.1) is 6.20 Å². The summed E-state index contributed by atoms with van der Waals surface area (Å²) in [6, 6.07) is 0. The van der Waals surface area contributed by atoms with E-state index in [4.69, 9.17) is 0 Å². The second kappa shape index (κ2) is 3.91. The van der Waals surface area contributed by atoms with Crippen molar-refractivity contribution in [3.05, 3.63) is 29.1 Å². The first-order valence-corrected chi connectivity index (χ1v) is 5.40. The smallest absolute Gasteiger partial charge is 0.259 e. The van der Waals surface area contributed by atoms with Crippen molar-refractivity contribution in [2.75, 3.05) is 5.33 Å². The molecule has 14 heavy (non-hydrogen) atoms. The highest BCUT2D eigenvalue weighted by Gasteiger charge is 2.04. The molecule has 0 spiro atoms. The predicted molar refractivity (Wildman–Crippen MR) is 55.7 cm³/mol. The number of hydrogen-bond donors (Lipinski definition) is 0. The average molecular weight is 257 g/mol. The van der Waals surface area contributed by atoms with Gasteiger partial charge in [0.15, 0.2) is 5.65 Å². The van der Waals surface area contributed by atoms with Crippen molar-refractivity contribution in [2.24, 2.45) is 0 Å². The van der Waals surface area contributed by atoms with E-state index in [1.165, 1.54) is 9.08 Å². The van der Waals surface area contributed by atoms with Gasteiger partial charge >= 0.3 is 5.69 Å². The summed E-state index contributed by atoms with van der Waals surface area (Å²) in [4.78, 5) is 15.6. The van der Waals surface area contributed by atoms with Crippen molar-refractivity contribution in [3.63, 3.8) is 0 Å². The van der Waals surface area contributed by atoms with Gasteiger partial charge in [0.2, 0.25) is 0 Å². The number of alkyl halides is 1. The third-order valence-corrected chi connectivity index (χ3v) is 2.45. The first-order valence-electron chi connectivity index (χ1n) is 4.28. The Morgan fingerprint density at radius 1 is 1.50 bits per heavy atom. The van der Waals surface area contributed by atoms with Crippen LogP contribution in [0.1, 0.15) is 6.42 Å². The lowest BCUT2D eigenvalue weighted by Crippen LogP contribution is -2.21. The highest BCUT2D eigenvalue weighted by atomic mass is 79.9. The van der Waals surface area contributed by atoms with Crippen molar-refractivity contribution in [1.29, 1.82) is 0 Å². The van der Waals surface area contributed by atoms with Crippen molar-refractivity contribution in [2.45, 2.75) is 13.0 Å². The van der Waals surface area contributed by atoms with E-state index in [9.17, 15) is 4.79 Å². The van der Waals surface area contributed by atoms with Crippen LogP contribution in [0.5, 0.6) is 0 Å². The fraction of sp³-hybridized carbons (Fsp3) is 0.375. The number of halogens is 1. The third-order valence-electron chi connectivity index (χ3n) is 1.89. The molecule has 0 fully saturated rings. The summed E-state index contributed by atoms with van der Waals surface area (Å²) in [7, 11) is 0. The molecule has 0 saturated carbocycles. The van der Waals surface area contributed by atoms with Crippen molar-refractivity contribution < 1.29 is 0 Å². The fourth-order valence-corrected chi connectivity index (χ4v) is 1.49. The molecular weight excluding hydrogens is 248 g/mol. The topological polar surface area (TPSA) is 52.2 Å². The first kappa shape index (κ1) is 9.39. The Morgan fingerprint density at radius 2 is 2.36 bits per heavy atom. The molecule has 6 heteroatoms. The lowest BCUT2D eigenvalue weighted by molar-refractivity contribution is 0.586. The van der Waals surface area contributed by atoms with Gasteiger partial charge in [0, 0.05) is 24.3 Å². The molecule has 0 aliphatic carbocycles. The maximum Gasteiger partial charge on any atom is 0.350 e. The number of aromatic nitrogens is 4. The van der Waals surface area contributed by atoms with Crippen LogP contribution in [0.15, 0.2) is 23.4 Å². The van der Waals surface area contributed by atoms with E-state index in [1.54, 1.807) is 18.6 Å². The molecule has 5 nitrogen and oxygen atoms in total. The lowest BCUT2D eigenvalue weighted by atomic mass is 10.5. The highest BCUT2D eigenvalue weighted by molar-refractivity contribution is 9.09. The van der Waals surface area contributed by atoms with Crippen LogP contribution in [0.25, 0.3) is 5.65 Å². The minimum Gasteiger partial charge on any atom is -0.259 e.